The number of benzene rings is 1. The molecule has 1 aromatic rings. The number of nitrogens with two attached hydrogens (primary N) is 1. The molecule has 1 aliphatic carbocycles. The number of ketones is 1. The van der Waals surface area contributed by atoms with E-state index in [1.54, 1.807) is 28.0 Å². The average Bonchev–Trinajstić information content (AvgIpc) is 3.42. The molecule has 0 aromatic heterocycles. The largest absolute Gasteiger partial charge is 0.366 e. The summed E-state index contributed by atoms with van der Waals surface area (Å²) in [4.78, 5) is 54.4. The first-order valence-electron chi connectivity index (χ1n) is 11.2. The van der Waals surface area contributed by atoms with Crippen molar-refractivity contribution in [2.24, 2.45) is 11.7 Å². The summed E-state index contributed by atoms with van der Waals surface area (Å²) in [6.07, 6.45) is 4.39. The summed E-state index contributed by atoms with van der Waals surface area (Å²) in [6.45, 7) is 0.179. The number of alkyl halides is 1. The van der Waals surface area contributed by atoms with Gasteiger partial charge >= 0.3 is 0 Å². The van der Waals surface area contributed by atoms with Crippen LogP contribution in [0.3, 0.4) is 0 Å². The minimum atomic E-state index is -0.709. The Morgan fingerprint density at radius 2 is 1.91 bits per heavy atom. The number of likely N-dealkylation sites (tertiary alicyclic amines) is 1. The van der Waals surface area contributed by atoms with E-state index in [1.165, 1.54) is 0 Å². The van der Waals surface area contributed by atoms with Crippen molar-refractivity contribution in [2.75, 3.05) is 18.1 Å². The van der Waals surface area contributed by atoms with Crippen LogP contribution in [0.25, 0.3) is 0 Å². The highest BCUT2D eigenvalue weighted by Crippen LogP contribution is 2.40. The molecule has 1 saturated carbocycles. The summed E-state index contributed by atoms with van der Waals surface area (Å²) in [6, 6.07) is 3.52. The fourth-order valence-corrected chi connectivity index (χ4v) is 6.13. The quantitative estimate of drug-likeness (QED) is 0.684. The van der Waals surface area contributed by atoms with Crippen molar-refractivity contribution in [3.8, 4) is 0 Å². The number of halogens is 1. The second kappa shape index (κ2) is 8.15. The van der Waals surface area contributed by atoms with Crippen molar-refractivity contribution in [1.82, 2.24) is 4.90 Å². The molecule has 8 nitrogen and oxygen atoms in total. The number of anilines is 1. The third-order valence-corrected chi connectivity index (χ3v) is 7.65. The molecular weight excluding hydrogens is 434 g/mol. The van der Waals surface area contributed by atoms with Gasteiger partial charge in [0.15, 0.2) is 5.78 Å². The van der Waals surface area contributed by atoms with Gasteiger partial charge in [-0.05, 0) is 42.5 Å². The van der Waals surface area contributed by atoms with Crippen LogP contribution in [0.2, 0.25) is 0 Å². The zero-order valence-electron chi connectivity index (χ0n) is 17.7. The molecule has 0 bridgehead atoms. The number of fused-ring (bicyclic) bond motifs is 2. The maximum atomic E-state index is 14.0. The van der Waals surface area contributed by atoms with Gasteiger partial charge in [-0.2, -0.15) is 0 Å². The normalized spacial score (nSPS) is 28.7. The lowest BCUT2D eigenvalue weighted by molar-refractivity contribution is -0.140. The number of hydrogen-bond donors (Lipinski definition) is 1. The van der Waals surface area contributed by atoms with Gasteiger partial charge in [-0.1, -0.05) is 19.3 Å². The Morgan fingerprint density at radius 3 is 2.62 bits per heavy atom. The zero-order valence-corrected chi connectivity index (χ0v) is 18.4. The number of ether oxygens (including phenoxy) is 1. The van der Waals surface area contributed by atoms with Gasteiger partial charge in [0.05, 0.1) is 11.8 Å². The molecule has 3 heterocycles. The Hall–Kier alpha value is -2.45. The number of rotatable bonds is 4. The van der Waals surface area contributed by atoms with Crippen molar-refractivity contribution < 1.29 is 23.9 Å². The van der Waals surface area contributed by atoms with Gasteiger partial charge in [-0.3, -0.25) is 24.1 Å². The van der Waals surface area contributed by atoms with Crippen LogP contribution in [0.1, 0.15) is 48.0 Å². The second-order valence-corrected chi connectivity index (χ2v) is 9.75. The van der Waals surface area contributed by atoms with E-state index in [9.17, 15) is 19.2 Å². The molecule has 4 atom stereocenters. The third-order valence-electron chi connectivity index (χ3n) is 7.27. The van der Waals surface area contributed by atoms with Crippen LogP contribution in [0.5, 0.6) is 0 Å². The Kier molecular flexibility index (Phi) is 5.45. The first-order chi connectivity index (χ1) is 15.4. The fraction of sp³-hybridized carbons (Fsp3) is 0.565. The van der Waals surface area contributed by atoms with Gasteiger partial charge in [0.25, 0.3) is 0 Å². The first-order valence-corrected chi connectivity index (χ1v) is 11.6. The SMILES string of the molecule is NC(=O)c1ccc2c(c1)CC(=O)N2[C@H](C(=O)N1C[C@H](Cl)[C@H]2OCC(=O)[C@H]21)C1CCCCC1. The van der Waals surface area contributed by atoms with Gasteiger partial charge in [-0.25, -0.2) is 0 Å². The number of amides is 3. The van der Waals surface area contributed by atoms with E-state index in [2.05, 4.69) is 0 Å². The van der Waals surface area contributed by atoms with Gasteiger partial charge in [0, 0.05) is 17.8 Å². The zero-order chi connectivity index (χ0) is 22.6. The minimum absolute atomic E-state index is 0.00721. The van der Waals surface area contributed by atoms with Crippen molar-refractivity contribution in [1.29, 1.82) is 0 Å². The van der Waals surface area contributed by atoms with Crippen LogP contribution < -0.4 is 10.6 Å². The van der Waals surface area contributed by atoms with E-state index >= 15 is 0 Å². The molecule has 170 valence electrons. The van der Waals surface area contributed by atoms with Crippen molar-refractivity contribution in [3.05, 3.63) is 29.3 Å². The van der Waals surface area contributed by atoms with Crippen LogP contribution in [0.4, 0.5) is 5.69 Å². The lowest BCUT2D eigenvalue weighted by Crippen LogP contribution is -2.56. The molecule has 9 heteroatoms. The predicted octanol–water partition coefficient (Wildman–Crippen LogP) is 1.41. The molecule has 0 spiro atoms. The minimum Gasteiger partial charge on any atom is -0.366 e. The van der Waals surface area contributed by atoms with Crippen molar-refractivity contribution in [3.63, 3.8) is 0 Å². The Bertz CT molecular complexity index is 992. The lowest BCUT2D eigenvalue weighted by Gasteiger charge is -2.39. The molecule has 32 heavy (non-hydrogen) atoms. The number of carbonyl (C=O) groups is 4. The highest BCUT2D eigenvalue weighted by atomic mass is 35.5. The summed E-state index contributed by atoms with van der Waals surface area (Å²) in [5, 5.41) is -0.456. The smallest absolute Gasteiger partial charge is 0.248 e. The number of carbonyl (C=O) groups excluding carboxylic acids is 4. The van der Waals surface area contributed by atoms with E-state index < -0.39 is 29.5 Å². The first kappa shape index (κ1) is 21.4. The van der Waals surface area contributed by atoms with Gasteiger partial charge in [0.1, 0.15) is 24.8 Å². The second-order valence-electron chi connectivity index (χ2n) is 9.18. The summed E-state index contributed by atoms with van der Waals surface area (Å²) < 4.78 is 5.55. The molecule has 2 saturated heterocycles. The Balaban J connectivity index is 1.53. The summed E-state index contributed by atoms with van der Waals surface area (Å²) in [5.74, 6) is -1.14. The standard InChI is InChI=1S/C23H26ClN3O5/c24-15-10-26(20-17(28)11-32-21(15)20)23(31)19(12-4-2-1-3-5-12)27-16-7-6-13(22(25)30)8-14(16)9-18(27)29/h6-8,12,15,19-21H,1-5,9-11H2,(H2,25,30)/t15-,19-,20+,21+/m0/s1. The number of primary amides is 1. The summed E-state index contributed by atoms with van der Waals surface area (Å²) >= 11 is 6.43. The summed E-state index contributed by atoms with van der Waals surface area (Å²) in [5.41, 5.74) is 7.06. The van der Waals surface area contributed by atoms with Gasteiger partial charge in [-0.15, -0.1) is 11.6 Å². The highest BCUT2D eigenvalue weighted by Gasteiger charge is 2.54. The molecule has 3 amide bonds. The average molecular weight is 460 g/mol. The molecule has 5 rings (SSSR count). The molecule has 2 N–H and O–H groups in total. The van der Waals surface area contributed by atoms with Crippen LogP contribution in [-0.2, 0) is 25.5 Å². The molecule has 3 aliphatic heterocycles. The topological polar surface area (TPSA) is 110 Å². The Labute approximate surface area is 191 Å². The molecule has 0 unspecified atom stereocenters. The van der Waals surface area contributed by atoms with Crippen molar-refractivity contribution in [2.45, 2.75) is 62.1 Å². The summed E-state index contributed by atoms with van der Waals surface area (Å²) in [7, 11) is 0. The lowest BCUT2D eigenvalue weighted by atomic mass is 9.82. The maximum Gasteiger partial charge on any atom is 0.248 e. The fourth-order valence-electron chi connectivity index (χ4n) is 5.77. The van der Waals surface area contributed by atoms with Crippen molar-refractivity contribution >= 4 is 40.8 Å². The van der Waals surface area contributed by atoms with E-state index in [0.29, 0.717) is 16.8 Å². The number of nitrogens with zero attached hydrogens (tertiary/aromatic N) is 2. The maximum absolute atomic E-state index is 14.0. The van der Waals surface area contributed by atoms with Crippen LogP contribution in [0, 0.1) is 5.92 Å². The number of hydrogen-bond acceptors (Lipinski definition) is 5. The third kappa shape index (κ3) is 3.40. The van der Waals surface area contributed by atoms with Crippen LogP contribution in [0.15, 0.2) is 18.2 Å². The molecule has 1 aromatic carbocycles. The molecule has 4 aliphatic rings. The van der Waals surface area contributed by atoms with E-state index in [0.717, 1.165) is 32.1 Å². The number of Topliss-reactive ketones (excluding diaryl/α,β-unsaturated/α-hetero) is 1. The Morgan fingerprint density at radius 1 is 1.16 bits per heavy atom. The van der Waals surface area contributed by atoms with E-state index in [-0.39, 0.29) is 43.1 Å². The highest BCUT2D eigenvalue weighted by molar-refractivity contribution is 6.22. The van der Waals surface area contributed by atoms with Crippen LogP contribution >= 0.6 is 11.6 Å². The molecule has 0 radical (unpaired) electrons. The molecule has 3 fully saturated rings. The predicted molar refractivity (Wildman–Crippen MR) is 116 cm³/mol. The van der Waals surface area contributed by atoms with Crippen LogP contribution in [-0.4, -0.2) is 65.1 Å². The van der Waals surface area contributed by atoms with Gasteiger partial charge < -0.3 is 15.4 Å². The monoisotopic (exact) mass is 459 g/mol. The van der Waals surface area contributed by atoms with Gasteiger partial charge in [0.2, 0.25) is 17.7 Å². The molecular formula is C23H26ClN3O5. The van der Waals surface area contributed by atoms with E-state index in [1.807, 2.05) is 0 Å². The van der Waals surface area contributed by atoms with E-state index in [4.69, 9.17) is 22.1 Å².